The van der Waals surface area contributed by atoms with Crippen LogP contribution in [0.1, 0.15) is 6.42 Å². The van der Waals surface area contributed by atoms with Gasteiger partial charge in [-0.1, -0.05) is 35.9 Å². The molecule has 4 nitrogen and oxygen atoms in total. The average molecular weight is 350 g/mol. The second-order valence-electron chi connectivity index (χ2n) is 5.55. The molecule has 0 spiro atoms. The van der Waals surface area contributed by atoms with E-state index in [9.17, 15) is 9.59 Å². The first-order valence-electron chi connectivity index (χ1n) is 7.37. The highest BCUT2D eigenvalue weighted by molar-refractivity contribution is 8.00. The number of aliphatic carboxylic acids is 1. The summed E-state index contributed by atoms with van der Waals surface area (Å²) in [4.78, 5) is 25.9. The number of thioether (sulfide) groups is 1. The maximum atomic E-state index is 12.3. The van der Waals surface area contributed by atoms with Crippen molar-refractivity contribution in [3.05, 3.63) is 41.4 Å². The summed E-state index contributed by atoms with van der Waals surface area (Å²) in [5.74, 6) is -0.996. The molecule has 1 atom stereocenters. The van der Waals surface area contributed by atoms with E-state index in [1.807, 2.05) is 36.4 Å². The molecule has 0 bridgehead atoms. The number of hydrogen-bond donors (Lipinski definition) is 1. The third kappa shape index (κ3) is 3.46. The van der Waals surface area contributed by atoms with Crippen molar-refractivity contribution >= 4 is 46.0 Å². The van der Waals surface area contributed by atoms with Crippen molar-refractivity contribution in [1.82, 2.24) is 4.90 Å². The van der Waals surface area contributed by atoms with Crippen LogP contribution < -0.4 is 0 Å². The molecule has 1 unspecified atom stereocenters. The molecule has 1 saturated heterocycles. The van der Waals surface area contributed by atoms with Crippen molar-refractivity contribution in [2.24, 2.45) is 5.92 Å². The second-order valence-corrected chi connectivity index (χ2v) is 6.97. The fourth-order valence-electron chi connectivity index (χ4n) is 2.80. The van der Waals surface area contributed by atoms with Gasteiger partial charge in [0.1, 0.15) is 0 Å². The molecule has 1 fully saturated rings. The molecule has 23 heavy (non-hydrogen) atoms. The van der Waals surface area contributed by atoms with Crippen LogP contribution in [0.3, 0.4) is 0 Å². The monoisotopic (exact) mass is 349 g/mol. The van der Waals surface area contributed by atoms with Crippen molar-refractivity contribution in [3.8, 4) is 0 Å². The Balaban J connectivity index is 1.69. The standard InChI is InChI=1S/C17H16ClNO3S/c18-13-5-1-3-11-4-2-6-14(16(11)13)23-10-15(20)19-8-7-12(9-19)17(21)22/h1-6,12H,7-10H2,(H,21,22). The third-order valence-corrected chi connectivity index (χ3v) is 5.41. The Morgan fingerprint density at radius 3 is 2.70 bits per heavy atom. The van der Waals surface area contributed by atoms with E-state index < -0.39 is 11.9 Å². The molecule has 0 radical (unpaired) electrons. The molecule has 0 saturated carbocycles. The number of nitrogens with zero attached hydrogens (tertiary/aromatic N) is 1. The van der Waals surface area contributed by atoms with E-state index in [2.05, 4.69) is 0 Å². The zero-order chi connectivity index (χ0) is 16.4. The summed E-state index contributed by atoms with van der Waals surface area (Å²) in [5.41, 5.74) is 0. The molecule has 1 aliphatic rings. The predicted molar refractivity (Wildman–Crippen MR) is 92.0 cm³/mol. The summed E-state index contributed by atoms with van der Waals surface area (Å²) in [6, 6.07) is 11.6. The Morgan fingerprint density at radius 1 is 1.26 bits per heavy atom. The summed E-state index contributed by atoms with van der Waals surface area (Å²) in [5, 5.41) is 11.7. The highest BCUT2D eigenvalue weighted by Crippen LogP contribution is 2.33. The van der Waals surface area contributed by atoms with E-state index in [0.717, 1.165) is 15.7 Å². The molecule has 1 amide bonds. The highest BCUT2D eigenvalue weighted by atomic mass is 35.5. The van der Waals surface area contributed by atoms with Crippen LogP contribution in [0.25, 0.3) is 10.8 Å². The van der Waals surface area contributed by atoms with E-state index in [4.69, 9.17) is 16.7 Å². The number of hydrogen-bond acceptors (Lipinski definition) is 3. The van der Waals surface area contributed by atoms with E-state index in [-0.39, 0.29) is 11.7 Å². The molecular weight excluding hydrogens is 334 g/mol. The molecule has 2 aromatic carbocycles. The fraction of sp³-hybridized carbons (Fsp3) is 0.294. The first-order valence-corrected chi connectivity index (χ1v) is 8.73. The maximum Gasteiger partial charge on any atom is 0.308 e. The van der Waals surface area contributed by atoms with Crippen LogP contribution in [0.4, 0.5) is 0 Å². The third-order valence-electron chi connectivity index (χ3n) is 4.06. The second kappa shape index (κ2) is 6.81. The number of carbonyl (C=O) groups excluding carboxylic acids is 1. The Labute approximate surface area is 143 Å². The zero-order valence-corrected chi connectivity index (χ0v) is 13.9. The predicted octanol–water partition coefficient (Wildman–Crippen LogP) is 3.52. The van der Waals surface area contributed by atoms with Gasteiger partial charge in [0.2, 0.25) is 5.91 Å². The molecule has 6 heteroatoms. The molecule has 1 aliphatic heterocycles. The van der Waals surface area contributed by atoms with Gasteiger partial charge in [0.25, 0.3) is 0 Å². The number of benzene rings is 2. The molecule has 1 heterocycles. The van der Waals surface area contributed by atoms with Crippen LogP contribution in [0.15, 0.2) is 41.3 Å². The number of halogens is 1. The van der Waals surface area contributed by atoms with Crippen LogP contribution in [0.5, 0.6) is 0 Å². The van der Waals surface area contributed by atoms with E-state index in [1.54, 1.807) is 4.90 Å². The van der Waals surface area contributed by atoms with Crippen LogP contribution >= 0.6 is 23.4 Å². The van der Waals surface area contributed by atoms with Crippen molar-refractivity contribution in [2.45, 2.75) is 11.3 Å². The molecule has 0 aromatic heterocycles. The molecule has 2 aromatic rings. The van der Waals surface area contributed by atoms with E-state index >= 15 is 0 Å². The Bertz CT molecular complexity index is 759. The van der Waals surface area contributed by atoms with Crippen molar-refractivity contribution in [2.75, 3.05) is 18.8 Å². The summed E-state index contributed by atoms with van der Waals surface area (Å²) >= 11 is 7.73. The SMILES string of the molecule is O=C(O)C1CCN(C(=O)CSc2cccc3cccc(Cl)c23)C1. The van der Waals surface area contributed by atoms with Gasteiger partial charge < -0.3 is 10.0 Å². The smallest absolute Gasteiger partial charge is 0.308 e. The fourth-order valence-corrected chi connectivity index (χ4v) is 4.15. The number of carboxylic acids is 1. The van der Waals surface area contributed by atoms with Crippen LogP contribution in [0, 0.1) is 5.92 Å². The van der Waals surface area contributed by atoms with Gasteiger partial charge >= 0.3 is 5.97 Å². The lowest BCUT2D eigenvalue weighted by Gasteiger charge is -2.16. The van der Waals surface area contributed by atoms with Gasteiger partial charge in [0.15, 0.2) is 0 Å². The number of fused-ring (bicyclic) bond motifs is 1. The number of rotatable bonds is 4. The Hall–Kier alpha value is -1.72. The highest BCUT2D eigenvalue weighted by Gasteiger charge is 2.30. The van der Waals surface area contributed by atoms with E-state index in [0.29, 0.717) is 24.5 Å². The molecule has 3 rings (SSSR count). The van der Waals surface area contributed by atoms with Crippen LogP contribution in [-0.2, 0) is 9.59 Å². The topological polar surface area (TPSA) is 57.6 Å². The lowest BCUT2D eigenvalue weighted by Crippen LogP contribution is -2.31. The minimum atomic E-state index is -0.825. The van der Waals surface area contributed by atoms with Gasteiger partial charge in [-0.2, -0.15) is 0 Å². The zero-order valence-electron chi connectivity index (χ0n) is 12.4. The van der Waals surface area contributed by atoms with Crippen molar-refractivity contribution in [3.63, 3.8) is 0 Å². The maximum absolute atomic E-state index is 12.3. The Morgan fingerprint density at radius 2 is 2.00 bits per heavy atom. The number of amides is 1. The lowest BCUT2D eigenvalue weighted by molar-refractivity contribution is -0.141. The van der Waals surface area contributed by atoms with Crippen LogP contribution in [-0.4, -0.2) is 40.7 Å². The largest absolute Gasteiger partial charge is 0.481 e. The number of carboxylic acid groups (broad SMARTS) is 1. The summed E-state index contributed by atoms with van der Waals surface area (Å²) in [6.07, 6.45) is 0.534. The lowest BCUT2D eigenvalue weighted by atomic mass is 10.1. The van der Waals surface area contributed by atoms with Gasteiger partial charge in [-0.3, -0.25) is 9.59 Å². The normalized spacial score (nSPS) is 17.6. The van der Waals surface area contributed by atoms with Crippen molar-refractivity contribution in [1.29, 1.82) is 0 Å². The minimum absolute atomic E-state index is 0.0252. The first kappa shape index (κ1) is 16.1. The average Bonchev–Trinajstić information content (AvgIpc) is 3.03. The minimum Gasteiger partial charge on any atom is -0.481 e. The molecule has 0 aliphatic carbocycles. The first-order chi connectivity index (χ1) is 11.1. The van der Waals surface area contributed by atoms with Gasteiger partial charge in [-0.25, -0.2) is 0 Å². The summed E-state index contributed by atoms with van der Waals surface area (Å²) in [7, 11) is 0. The van der Waals surface area contributed by atoms with Crippen molar-refractivity contribution < 1.29 is 14.7 Å². The van der Waals surface area contributed by atoms with Gasteiger partial charge in [-0.05, 0) is 23.9 Å². The number of likely N-dealkylation sites (tertiary alicyclic amines) is 1. The van der Waals surface area contributed by atoms with Gasteiger partial charge in [0, 0.05) is 28.4 Å². The number of carbonyl (C=O) groups is 2. The Kier molecular flexibility index (Phi) is 4.78. The molecule has 120 valence electrons. The van der Waals surface area contributed by atoms with Gasteiger partial charge in [0.05, 0.1) is 11.7 Å². The van der Waals surface area contributed by atoms with E-state index in [1.165, 1.54) is 11.8 Å². The molecular formula is C17H16ClNO3S. The quantitative estimate of drug-likeness (QED) is 0.858. The van der Waals surface area contributed by atoms with Gasteiger partial charge in [-0.15, -0.1) is 11.8 Å². The summed E-state index contributed by atoms with van der Waals surface area (Å²) < 4.78 is 0. The summed E-state index contributed by atoms with van der Waals surface area (Å²) in [6.45, 7) is 0.831. The molecule has 1 N–H and O–H groups in total. The van der Waals surface area contributed by atoms with Crippen LogP contribution in [0.2, 0.25) is 5.02 Å².